The van der Waals surface area contributed by atoms with Gasteiger partial charge in [-0.25, -0.2) is 13.2 Å². The Kier molecular flexibility index (Phi) is 12.7. The first kappa shape index (κ1) is 37.5. The smallest absolute Gasteiger partial charge is 0.412 e. The lowest BCUT2D eigenvalue weighted by Crippen LogP contribution is -3.00. The molecule has 2 bridgehead atoms. The molecule has 4 heterocycles. The molecule has 2 aromatic carbocycles. The number of carbonyl (C=O) groups is 1. The summed E-state index contributed by atoms with van der Waals surface area (Å²) in [6, 6.07) is 12.8. The predicted octanol–water partition coefficient (Wildman–Crippen LogP) is 3.51. The molecule has 0 radical (unpaired) electrons. The molecule has 10 heteroatoms. The van der Waals surface area contributed by atoms with Crippen LogP contribution in [0.2, 0.25) is 0 Å². The number of fused-ring (bicyclic) bond motifs is 4. The molecule has 0 aliphatic carbocycles. The fourth-order valence-corrected chi connectivity index (χ4v) is 10.6. The van der Waals surface area contributed by atoms with E-state index in [4.69, 9.17) is 4.74 Å². The largest absolute Gasteiger partial charge is 1.00 e. The maximum atomic E-state index is 14.1. The first-order valence-electron chi connectivity index (χ1n) is 17.6. The molecule has 262 valence electrons. The van der Waals surface area contributed by atoms with Crippen LogP contribution in [0.3, 0.4) is 0 Å². The van der Waals surface area contributed by atoms with Gasteiger partial charge in [-0.1, -0.05) is 51.7 Å². The molecule has 6 rings (SSSR count). The zero-order chi connectivity index (χ0) is 33.0. The van der Waals surface area contributed by atoms with E-state index in [1.54, 1.807) is 18.2 Å². The molecule has 1 amide bonds. The van der Waals surface area contributed by atoms with Crippen molar-refractivity contribution < 1.29 is 39.9 Å². The lowest BCUT2D eigenvalue weighted by Gasteiger charge is -2.49. The summed E-state index contributed by atoms with van der Waals surface area (Å²) in [6.45, 7) is 9.68. The minimum absolute atomic E-state index is 0. The van der Waals surface area contributed by atoms with Crippen LogP contribution < -0.4 is 27.4 Å². The number of anilines is 1. The molecule has 2 N–H and O–H groups in total. The van der Waals surface area contributed by atoms with Gasteiger partial charge in [-0.3, -0.25) is 0 Å². The van der Waals surface area contributed by atoms with Gasteiger partial charge in [0.2, 0.25) is 0 Å². The number of rotatable bonds is 13. The highest BCUT2D eigenvalue weighted by Gasteiger charge is 2.49. The van der Waals surface area contributed by atoms with E-state index in [0.29, 0.717) is 30.7 Å². The van der Waals surface area contributed by atoms with Crippen LogP contribution in [-0.4, -0.2) is 82.8 Å². The summed E-state index contributed by atoms with van der Waals surface area (Å²) < 4.78 is 35.2. The van der Waals surface area contributed by atoms with Gasteiger partial charge in [0.1, 0.15) is 5.75 Å². The van der Waals surface area contributed by atoms with E-state index in [1.165, 1.54) is 43.4 Å². The van der Waals surface area contributed by atoms with E-state index in [9.17, 15) is 18.3 Å². The van der Waals surface area contributed by atoms with Gasteiger partial charge in [0, 0.05) is 44.1 Å². The van der Waals surface area contributed by atoms with Gasteiger partial charge in [0.25, 0.3) is 0 Å². The fraction of sp³-hybridized carbons (Fsp3) is 0.649. The Labute approximate surface area is 289 Å². The summed E-state index contributed by atoms with van der Waals surface area (Å²) in [7, 11) is 0.162. The van der Waals surface area contributed by atoms with Crippen molar-refractivity contribution in [3.8, 4) is 5.75 Å². The molecule has 3 saturated heterocycles. The second-order valence-electron chi connectivity index (χ2n) is 14.6. The van der Waals surface area contributed by atoms with Gasteiger partial charge < -0.3 is 37.0 Å². The van der Waals surface area contributed by atoms with E-state index in [1.807, 2.05) is 43.3 Å². The molecular formula is C37H56ClN3O5S. The second kappa shape index (κ2) is 15.9. The number of ether oxygens (including phenoxy) is 1. The normalized spacial score (nSPS) is 25.6. The minimum atomic E-state index is -3.69. The van der Waals surface area contributed by atoms with Crippen molar-refractivity contribution in [3.05, 3.63) is 53.6 Å². The maximum absolute atomic E-state index is 14.1. The van der Waals surface area contributed by atoms with Crippen LogP contribution in [0.15, 0.2) is 47.4 Å². The highest BCUT2D eigenvalue weighted by molar-refractivity contribution is 7.91. The number of hydrogen-bond donors (Lipinski definition) is 2. The predicted molar refractivity (Wildman–Crippen MR) is 184 cm³/mol. The highest BCUT2D eigenvalue weighted by Crippen LogP contribution is 2.50. The summed E-state index contributed by atoms with van der Waals surface area (Å²) in [5.74, 6) is 0.632. The summed E-state index contributed by atoms with van der Waals surface area (Å²) in [6.07, 6.45) is 8.30. The van der Waals surface area contributed by atoms with Crippen molar-refractivity contribution in [2.45, 2.75) is 95.0 Å². The van der Waals surface area contributed by atoms with Crippen LogP contribution in [0.4, 0.5) is 10.5 Å². The molecule has 2 aromatic rings. The molecule has 8 nitrogen and oxygen atoms in total. The van der Waals surface area contributed by atoms with Gasteiger partial charge >= 0.3 is 6.09 Å². The summed E-state index contributed by atoms with van der Waals surface area (Å²) in [4.78, 5) is 15.1. The van der Waals surface area contributed by atoms with Gasteiger partial charge in [0.05, 0.1) is 42.9 Å². The number of nitrogens with zero attached hydrogens (tertiary/aromatic N) is 2. The van der Waals surface area contributed by atoms with Gasteiger partial charge in [-0.05, 0) is 79.5 Å². The number of halogens is 1. The number of sulfone groups is 1. The van der Waals surface area contributed by atoms with E-state index >= 15 is 0 Å². The zero-order valence-corrected chi connectivity index (χ0v) is 30.4. The Morgan fingerprint density at radius 1 is 1.00 bits per heavy atom. The Morgan fingerprint density at radius 3 is 2.28 bits per heavy atom. The SMILES string of the molecule is CCCCC1(CCCC)CS(=O)(=O)c2ccc(N(C)C)cc2[C@@H](c2cccc(OC(=O)NCCC[N+]34CCC(CC3)CC4)c2)[C@H]1O.[Cl-]. The van der Waals surface area contributed by atoms with E-state index in [0.717, 1.165) is 55.8 Å². The highest BCUT2D eigenvalue weighted by atomic mass is 35.5. The third-order valence-electron chi connectivity index (χ3n) is 11.2. The molecule has 0 unspecified atom stereocenters. The van der Waals surface area contributed by atoms with Crippen LogP contribution in [0, 0.1) is 11.3 Å². The van der Waals surface area contributed by atoms with Crippen LogP contribution in [0.25, 0.3) is 0 Å². The number of unbranched alkanes of at least 4 members (excludes halogenated alkanes) is 2. The first-order chi connectivity index (χ1) is 22.0. The van der Waals surface area contributed by atoms with E-state index in [-0.39, 0.29) is 23.1 Å². The molecule has 0 aromatic heterocycles. The average Bonchev–Trinajstić information content (AvgIpc) is 3.12. The van der Waals surface area contributed by atoms with E-state index in [2.05, 4.69) is 19.2 Å². The average molecular weight is 690 g/mol. The quantitative estimate of drug-likeness (QED) is 0.247. The van der Waals surface area contributed by atoms with Crippen molar-refractivity contribution in [2.24, 2.45) is 11.3 Å². The molecule has 2 atom stereocenters. The number of quaternary nitrogens is 1. The molecule has 47 heavy (non-hydrogen) atoms. The third kappa shape index (κ3) is 8.46. The van der Waals surface area contributed by atoms with Crippen molar-refractivity contribution in [2.75, 3.05) is 57.5 Å². The number of aliphatic hydroxyl groups excluding tert-OH is 1. The third-order valence-corrected chi connectivity index (χ3v) is 13.2. The van der Waals surface area contributed by atoms with Crippen LogP contribution in [-0.2, 0) is 9.84 Å². The van der Waals surface area contributed by atoms with Gasteiger partial charge in [-0.15, -0.1) is 0 Å². The second-order valence-corrected chi connectivity index (χ2v) is 16.5. The van der Waals surface area contributed by atoms with Crippen LogP contribution >= 0.6 is 0 Å². The lowest BCUT2D eigenvalue weighted by molar-refractivity contribution is -0.942. The van der Waals surface area contributed by atoms with Gasteiger partial charge in [-0.2, -0.15) is 0 Å². The standard InChI is InChI=1S/C37H55N3O5S.ClH/c1-5-7-18-37(19-8-6-2)27-46(43,44)33-14-13-30(39(3)4)26-32(33)34(35(37)41)29-11-9-12-31(25-29)45-36(42)38-20-10-21-40-22-15-28(16-23-40)17-24-40;/h9,11-14,25-26,28,34-35,41H,5-8,10,15-24,27H2,1-4H3;1H/t28?,34-,35-,40?;/m1./s1. The first-order valence-corrected chi connectivity index (χ1v) is 19.3. The number of benzene rings is 2. The van der Waals surface area contributed by atoms with Gasteiger partial charge in [0.15, 0.2) is 9.84 Å². The van der Waals surface area contributed by atoms with Crippen LogP contribution in [0.1, 0.15) is 95.1 Å². The zero-order valence-electron chi connectivity index (χ0n) is 28.8. The number of carbonyl (C=O) groups excluding carboxylic acids is 1. The number of hydrogen-bond acceptors (Lipinski definition) is 6. The Bertz CT molecular complexity index is 1440. The molecular weight excluding hydrogens is 634 g/mol. The number of piperidine rings is 3. The van der Waals surface area contributed by atoms with Crippen LogP contribution in [0.5, 0.6) is 5.75 Å². The topological polar surface area (TPSA) is 95.9 Å². The number of aliphatic hydroxyl groups is 1. The summed E-state index contributed by atoms with van der Waals surface area (Å²) in [5.41, 5.74) is 1.42. The Hall–Kier alpha value is -2.33. The molecule has 4 aliphatic heterocycles. The maximum Gasteiger partial charge on any atom is 0.412 e. The molecule has 3 fully saturated rings. The summed E-state index contributed by atoms with van der Waals surface area (Å²) >= 11 is 0. The Balaban J connectivity index is 0.00000500. The Morgan fingerprint density at radius 2 is 1.66 bits per heavy atom. The van der Waals surface area contributed by atoms with Crippen molar-refractivity contribution >= 4 is 21.6 Å². The summed E-state index contributed by atoms with van der Waals surface area (Å²) in [5, 5.41) is 15.4. The van der Waals surface area contributed by atoms with Crippen molar-refractivity contribution in [1.82, 2.24) is 5.32 Å². The minimum Gasteiger partial charge on any atom is -1.00 e. The van der Waals surface area contributed by atoms with Crippen molar-refractivity contribution in [1.29, 1.82) is 0 Å². The lowest BCUT2D eigenvalue weighted by atomic mass is 9.68. The molecule has 0 saturated carbocycles. The molecule has 4 aliphatic rings. The van der Waals surface area contributed by atoms with Crippen molar-refractivity contribution in [3.63, 3.8) is 0 Å². The fourth-order valence-electron chi connectivity index (χ4n) is 8.38. The van der Waals surface area contributed by atoms with E-state index < -0.39 is 33.4 Å². The monoisotopic (exact) mass is 689 g/mol. The number of nitrogens with one attached hydrogen (secondary N) is 1. The number of amides is 1. The molecule has 0 spiro atoms.